The molecule has 9 atom stereocenters. The number of anilines is 1. The molecule has 1 spiro atoms. The first kappa shape index (κ1) is 45.7. The molecular weight excluding hydrogens is 785 g/mol. The fraction of sp³-hybridized carbons (Fsp3) is 0.587. The van der Waals surface area contributed by atoms with Crippen molar-refractivity contribution in [1.82, 2.24) is 4.90 Å². The number of rotatable bonds is 4. The Morgan fingerprint density at radius 1 is 0.967 bits per heavy atom. The maximum absolute atomic E-state index is 14.7. The van der Waals surface area contributed by atoms with Gasteiger partial charge in [0.05, 0.1) is 40.9 Å². The van der Waals surface area contributed by atoms with Gasteiger partial charge in [0.2, 0.25) is 0 Å². The van der Waals surface area contributed by atoms with E-state index in [1.807, 2.05) is 0 Å². The summed E-state index contributed by atoms with van der Waals surface area (Å²) < 4.78 is 24.0. The molecule has 0 aliphatic carbocycles. The minimum atomic E-state index is -1.96. The SMILES string of the molecule is CO[C@H]1/C=C\O[C@@]2(C)Oc3c(C)c(O)c4c(O)c(c5c(c4c3C2=O)=NC2(CCN(CC(C)C)CC2)N=5)NC(=O)/C(C)=C\C=C/[C@H](C)[C@H](O)[C@@H](C)[C@@H](O)[C@@H](C)[C@H](OC(C)=O)[C@@H]1C. The van der Waals surface area contributed by atoms with Crippen molar-refractivity contribution < 1.29 is 53.8 Å². The van der Waals surface area contributed by atoms with Gasteiger partial charge in [-0.05, 0) is 25.8 Å². The minimum Gasteiger partial charge on any atom is -0.507 e. The van der Waals surface area contributed by atoms with Crippen LogP contribution in [-0.4, -0.2) is 106 Å². The number of Topliss-reactive ketones (excluding diaryl/α,β-unsaturated/α-hetero) is 1. The highest BCUT2D eigenvalue weighted by molar-refractivity contribution is 6.19. The molecule has 0 unspecified atom stereocenters. The van der Waals surface area contributed by atoms with Crippen molar-refractivity contribution in [3.63, 3.8) is 0 Å². The second kappa shape index (κ2) is 17.5. The highest BCUT2D eigenvalue weighted by Gasteiger charge is 2.50. The Labute approximate surface area is 356 Å². The second-order valence-electron chi connectivity index (χ2n) is 18.0. The predicted molar refractivity (Wildman–Crippen MR) is 228 cm³/mol. The highest BCUT2D eigenvalue weighted by atomic mass is 16.7. The van der Waals surface area contributed by atoms with Gasteiger partial charge in [-0.3, -0.25) is 24.4 Å². The van der Waals surface area contributed by atoms with E-state index in [4.69, 9.17) is 28.9 Å². The van der Waals surface area contributed by atoms with Crippen LogP contribution in [-0.2, 0) is 23.8 Å². The maximum Gasteiger partial charge on any atom is 0.312 e. The van der Waals surface area contributed by atoms with Crippen molar-refractivity contribution in [3.05, 3.63) is 58.0 Å². The van der Waals surface area contributed by atoms with Gasteiger partial charge in [-0.25, -0.2) is 0 Å². The number of ether oxygens (including phenoxy) is 4. The van der Waals surface area contributed by atoms with Gasteiger partial charge in [0.1, 0.15) is 28.6 Å². The summed E-state index contributed by atoms with van der Waals surface area (Å²) in [5.74, 6) is -6.44. The first-order valence-electron chi connectivity index (χ1n) is 21.2. The lowest BCUT2D eigenvalue weighted by molar-refractivity contribution is -0.160. The molecule has 0 saturated carbocycles. The van der Waals surface area contributed by atoms with Gasteiger partial charge >= 0.3 is 11.8 Å². The number of piperidine rings is 1. The van der Waals surface area contributed by atoms with Crippen LogP contribution < -0.4 is 20.8 Å². The number of phenols is 2. The smallest absolute Gasteiger partial charge is 0.312 e. The summed E-state index contributed by atoms with van der Waals surface area (Å²) in [5.41, 5.74) is -0.572. The average Bonchev–Trinajstić information content (AvgIpc) is 3.71. The minimum absolute atomic E-state index is 0.0364. The van der Waals surface area contributed by atoms with E-state index in [2.05, 4.69) is 24.1 Å². The fourth-order valence-corrected chi connectivity index (χ4v) is 9.20. The van der Waals surface area contributed by atoms with Crippen molar-refractivity contribution in [2.24, 2.45) is 39.6 Å². The van der Waals surface area contributed by atoms with Crippen LogP contribution in [0.5, 0.6) is 17.2 Å². The zero-order valence-corrected chi connectivity index (χ0v) is 37.1. The summed E-state index contributed by atoms with van der Waals surface area (Å²) >= 11 is 0. The van der Waals surface area contributed by atoms with Gasteiger partial charge < -0.3 is 49.6 Å². The largest absolute Gasteiger partial charge is 0.507 e. The van der Waals surface area contributed by atoms with Gasteiger partial charge in [-0.1, -0.05) is 59.8 Å². The fourth-order valence-electron chi connectivity index (χ4n) is 9.20. The Hall–Kier alpha value is -4.83. The molecular formula is C46H62N4O11. The van der Waals surface area contributed by atoms with Gasteiger partial charge in [-0.15, -0.1) is 0 Å². The van der Waals surface area contributed by atoms with Crippen molar-refractivity contribution in [2.45, 2.75) is 118 Å². The summed E-state index contributed by atoms with van der Waals surface area (Å²) in [5, 5.41) is 50.2. The summed E-state index contributed by atoms with van der Waals surface area (Å²) in [6.07, 6.45) is 5.04. The molecule has 61 heavy (non-hydrogen) atoms. The number of esters is 1. The number of phenolic OH excluding ortho intramolecular Hbond substituents is 2. The normalized spacial score (nSPS) is 32.7. The topological polar surface area (TPSA) is 209 Å². The quantitative estimate of drug-likeness (QED) is 0.209. The molecule has 2 aromatic rings. The number of nitrogens with zero attached hydrogens (tertiary/aromatic N) is 3. The van der Waals surface area contributed by atoms with Crippen LogP contribution in [0.3, 0.4) is 0 Å². The first-order valence-corrected chi connectivity index (χ1v) is 21.2. The summed E-state index contributed by atoms with van der Waals surface area (Å²) in [6, 6.07) is 0. The average molecular weight is 847 g/mol. The molecule has 15 nitrogen and oxygen atoms in total. The molecule has 2 aromatic carbocycles. The molecule has 4 aliphatic rings. The lowest BCUT2D eigenvalue weighted by Crippen LogP contribution is -2.46. The van der Waals surface area contributed by atoms with E-state index in [0.29, 0.717) is 31.8 Å². The van der Waals surface area contributed by atoms with Crippen LogP contribution in [0.4, 0.5) is 5.69 Å². The number of aromatic hydroxyl groups is 2. The number of nitrogens with one attached hydrogen (secondary N) is 1. The second-order valence-corrected chi connectivity index (χ2v) is 18.0. The lowest BCUT2D eigenvalue weighted by atomic mass is 9.78. The van der Waals surface area contributed by atoms with Crippen molar-refractivity contribution in [1.29, 1.82) is 0 Å². The highest BCUT2D eigenvalue weighted by Crippen LogP contribution is 2.50. The Morgan fingerprint density at radius 2 is 1.62 bits per heavy atom. The number of likely N-dealkylation sites (tertiary alicyclic amines) is 1. The van der Waals surface area contributed by atoms with Gasteiger partial charge in [0, 0.05) is 93.6 Å². The van der Waals surface area contributed by atoms with E-state index in [9.17, 15) is 34.8 Å². The van der Waals surface area contributed by atoms with E-state index in [1.54, 1.807) is 65.8 Å². The summed E-state index contributed by atoms with van der Waals surface area (Å²) in [7, 11) is 1.47. The molecule has 332 valence electrons. The Balaban J connectivity index is 1.54. The number of fused-ring (bicyclic) bond motifs is 1. The van der Waals surface area contributed by atoms with E-state index in [0.717, 1.165) is 6.54 Å². The van der Waals surface area contributed by atoms with E-state index in [1.165, 1.54) is 27.2 Å². The number of carbonyl (C=O) groups is 3. The number of hydrogen-bond acceptors (Lipinski definition) is 14. The number of carbonyl (C=O) groups excluding carboxylic acids is 3. The standard InChI is InChI=1S/C46H62N4O11/c1-22(2)21-50-18-16-46(17-19-50)48-34-31-32-39(54)28(8)42-33(31)43(56)45(10,61-42)59-20-15-30(58-11)25(5)41(60-29(9)51)27(7)38(53)26(6)37(52)23(3)13-12-14-24(4)44(57)47-36(40(32)55)35(34)49-46/h12-15,20,22-23,25-27,30,37-38,41,52-55H,16-19,21H2,1-11H3,(H,47,57)/b13-12-,20-15-,24-14-/t23-,25+,26+,27+,30-,37-,38+,41+,45-/m0/s1. The van der Waals surface area contributed by atoms with Crippen LogP contribution in [0, 0.1) is 36.5 Å². The first-order chi connectivity index (χ1) is 28.6. The molecule has 1 saturated heterocycles. The van der Waals surface area contributed by atoms with Crippen LogP contribution in [0.15, 0.2) is 46.1 Å². The molecule has 5 N–H and O–H groups in total. The third kappa shape index (κ3) is 8.54. The van der Waals surface area contributed by atoms with E-state index >= 15 is 0 Å². The molecule has 4 heterocycles. The Morgan fingerprint density at radius 3 is 2.25 bits per heavy atom. The third-order valence-corrected chi connectivity index (χ3v) is 12.9. The molecule has 6 rings (SSSR count). The number of methoxy groups -OCH3 is 1. The zero-order chi connectivity index (χ0) is 44.9. The van der Waals surface area contributed by atoms with Crippen LogP contribution in [0.25, 0.3) is 10.8 Å². The number of benzene rings is 2. The molecule has 0 aromatic heterocycles. The van der Waals surface area contributed by atoms with Crippen LogP contribution in [0.1, 0.15) is 91.1 Å². The van der Waals surface area contributed by atoms with Gasteiger partial charge in [0.15, 0.2) is 11.4 Å². The number of hydrogen-bond donors (Lipinski definition) is 5. The van der Waals surface area contributed by atoms with E-state index in [-0.39, 0.29) is 55.4 Å². The molecule has 4 bridgehead atoms. The maximum atomic E-state index is 14.7. The molecule has 1 fully saturated rings. The van der Waals surface area contributed by atoms with Crippen molar-refractivity contribution >= 4 is 34.1 Å². The van der Waals surface area contributed by atoms with Gasteiger partial charge in [-0.2, -0.15) is 0 Å². The monoisotopic (exact) mass is 846 g/mol. The number of aliphatic hydroxyl groups is 2. The third-order valence-electron chi connectivity index (χ3n) is 12.9. The number of amides is 1. The van der Waals surface area contributed by atoms with E-state index < -0.39 is 82.9 Å². The predicted octanol–water partition coefficient (Wildman–Crippen LogP) is 4.75. The summed E-state index contributed by atoms with van der Waals surface area (Å²) in [6.45, 7) is 19.5. The van der Waals surface area contributed by atoms with Crippen LogP contribution >= 0.6 is 0 Å². The van der Waals surface area contributed by atoms with Crippen LogP contribution in [0.2, 0.25) is 0 Å². The van der Waals surface area contributed by atoms with Gasteiger partial charge in [0.25, 0.3) is 11.7 Å². The van der Waals surface area contributed by atoms with Crippen molar-refractivity contribution in [3.8, 4) is 17.2 Å². The molecule has 15 heteroatoms. The molecule has 0 radical (unpaired) electrons. The number of allylic oxidation sites excluding steroid dienone is 2. The Bertz CT molecular complexity index is 2300. The Kier molecular flexibility index (Phi) is 13.1. The number of ketones is 1. The summed E-state index contributed by atoms with van der Waals surface area (Å²) in [4.78, 5) is 53.7. The van der Waals surface area contributed by atoms with Crippen molar-refractivity contribution in [2.75, 3.05) is 32.1 Å². The molecule has 1 amide bonds. The zero-order valence-electron chi connectivity index (χ0n) is 37.1. The number of aliphatic hydroxyl groups excluding tert-OH is 2. The lowest BCUT2D eigenvalue weighted by Gasteiger charge is -2.38. The molecule has 4 aliphatic heterocycles.